The van der Waals surface area contributed by atoms with E-state index in [-0.39, 0.29) is 37.4 Å². The summed E-state index contributed by atoms with van der Waals surface area (Å²) in [5, 5.41) is 12.7. The number of hydrogen-bond donors (Lipinski definition) is 6. The summed E-state index contributed by atoms with van der Waals surface area (Å²) in [6, 6.07) is 11.1. The minimum Gasteiger partial charge on any atom is -0.497 e. The number of nitrogen functional groups attached to an aromatic ring is 1. The maximum absolute atomic E-state index is 13.2. The van der Waals surface area contributed by atoms with Crippen LogP contribution >= 0.6 is 0 Å². The largest absolute Gasteiger partial charge is 0.497 e. The molecule has 0 saturated heterocycles. The summed E-state index contributed by atoms with van der Waals surface area (Å²) in [5.41, 5.74) is 12.6. The lowest BCUT2D eigenvalue weighted by Crippen LogP contribution is -2.54. The molecular weight excluding hydrogens is 512 g/mol. The van der Waals surface area contributed by atoms with Crippen molar-refractivity contribution in [3.63, 3.8) is 0 Å². The number of ether oxygens (including phenoxy) is 1. The van der Waals surface area contributed by atoms with E-state index in [4.69, 9.17) is 21.6 Å². The van der Waals surface area contributed by atoms with Crippen molar-refractivity contribution in [2.45, 2.75) is 44.8 Å². The van der Waals surface area contributed by atoms with Crippen LogP contribution in [0.1, 0.15) is 36.5 Å². The molecule has 206 valence electrons. The molecule has 2 aromatic carbocycles. The zero-order chi connectivity index (χ0) is 28.3. The molecule has 13 heteroatoms. The molecule has 0 aliphatic rings. The lowest BCUT2D eigenvalue weighted by atomic mass is 10.0. The third-order valence-electron chi connectivity index (χ3n) is 5.66. The summed E-state index contributed by atoms with van der Waals surface area (Å²) in [6.45, 7) is 1.55. The molecule has 0 fully saturated rings. The summed E-state index contributed by atoms with van der Waals surface area (Å²) in [4.78, 5) is 37.5. The predicted molar refractivity (Wildman–Crippen MR) is 143 cm³/mol. The van der Waals surface area contributed by atoms with Crippen molar-refractivity contribution < 1.29 is 27.5 Å². The number of benzene rings is 2. The number of amides is 3. The van der Waals surface area contributed by atoms with Gasteiger partial charge in [-0.15, -0.1) is 0 Å². The van der Waals surface area contributed by atoms with Crippen molar-refractivity contribution in [3.8, 4) is 5.75 Å². The Hall–Kier alpha value is -3.97. The van der Waals surface area contributed by atoms with Gasteiger partial charge in [0.25, 0.3) is 0 Å². The maximum Gasteiger partial charge on any atom is 0.242 e. The van der Waals surface area contributed by atoms with E-state index >= 15 is 0 Å². The predicted octanol–water partition coefficient (Wildman–Crippen LogP) is -0.104. The topological polar surface area (TPSA) is 207 Å². The van der Waals surface area contributed by atoms with Gasteiger partial charge in [0, 0.05) is 18.5 Å². The zero-order valence-electron chi connectivity index (χ0n) is 21.3. The van der Waals surface area contributed by atoms with Gasteiger partial charge in [0.1, 0.15) is 23.7 Å². The Morgan fingerprint density at radius 1 is 0.947 bits per heavy atom. The first-order chi connectivity index (χ1) is 17.9. The number of sulfonamides is 1. The normalized spacial score (nSPS) is 12.7. The number of amidine groups is 1. The van der Waals surface area contributed by atoms with E-state index in [0.717, 1.165) is 5.56 Å². The van der Waals surface area contributed by atoms with Crippen molar-refractivity contribution in [1.29, 1.82) is 5.41 Å². The fraction of sp³-hybridized carbons (Fsp3) is 0.360. The molecule has 2 aromatic rings. The maximum atomic E-state index is 13.2. The molecular formula is C25H34N6O6S. The van der Waals surface area contributed by atoms with Gasteiger partial charge in [-0.05, 0) is 43.0 Å². The number of methoxy groups -OCH3 is 1. The Balaban J connectivity index is 2.18. The smallest absolute Gasteiger partial charge is 0.242 e. The van der Waals surface area contributed by atoms with Crippen LogP contribution in [0.15, 0.2) is 48.5 Å². The molecule has 0 aliphatic carbocycles. The number of primary amides is 1. The monoisotopic (exact) mass is 546 g/mol. The van der Waals surface area contributed by atoms with Crippen LogP contribution in [0.4, 0.5) is 0 Å². The highest BCUT2D eigenvalue weighted by atomic mass is 32.2. The number of carbonyl (C=O) groups is 3. The van der Waals surface area contributed by atoms with Crippen LogP contribution in [0, 0.1) is 5.41 Å². The van der Waals surface area contributed by atoms with Crippen molar-refractivity contribution in [3.05, 3.63) is 65.2 Å². The molecule has 0 aliphatic heterocycles. The van der Waals surface area contributed by atoms with Crippen molar-refractivity contribution in [2.75, 3.05) is 12.9 Å². The van der Waals surface area contributed by atoms with Crippen LogP contribution in [0.5, 0.6) is 5.75 Å². The highest BCUT2D eigenvalue weighted by Gasteiger charge is 2.28. The molecule has 0 saturated carbocycles. The first-order valence-electron chi connectivity index (χ1n) is 11.9. The molecule has 0 spiro atoms. The molecule has 8 N–H and O–H groups in total. The highest BCUT2D eigenvalue weighted by molar-refractivity contribution is 7.89. The van der Waals surface area contributed by atoms with Crippen molar-refractivity contribution in [1.82, 2.24) is 15.4 Å². The van der Waals surface area contributed by atoms with Gasteiger partial charge in [0.15, 0.2) is 0 Å². The lowest BCUT2D eigenvalue weighted by molar-refractivity contribution is -0.130. The second-order valence-corrected chi connectivity index (χ2v) is 10.6. The fourth-order valence-electron chi connectivity index (χ4n) is 3.43. The first-order valence-corrected chi connectivity index (χ1v) is 13.5. The first kappa shape index (κ1) is 30.3. The van der Waals surface area contributed by atoms with E-state index in [9.17, 15) is 22.8 Å². The van der Waals surface area contributed by atoms with Crippen LogP contribution in [-0.2, 0) is 37.4 Å². The van der Waals surface area contributed by atoms with E-state index in [2.05, 4.69) is 15.4 Å². The Morgan fingerprint density at radius 2 is 1.55 bits per heavy atom. The van der Waals surface area contributed by atoms with Crippen molar-refractivity contribution >= 4 is 33.6 Å². The van der Waals surface area contributed by atoms with Gasteiger partial charge in [-0.25, -0.2) is 13.1 Å². The van der Waals surface area contributed by atoms with Gasteiger partial charge in [-0.2, -0.15) is 0 Å². The molecule has 2 unspecified atom stereocenters. The Labute approximate surface area is 222 Å². The average molecular weight is 547 g/mol. The second-order valence-electron chi connectivity index (χ2n) is 8.52. The quantitative estimate of drug-likeness (QED) is 0.132. The molecule has 12 nitrogen and oxygen atoms in total. The second kappa shape index (κ2) is 14.1. The standard InChI is InChI=1S/C25H34N6O6S/c1-3-38(35,36)31-21(14-16-6-10-19(37-2)11-7-16)25(34)30-20(12-13-22(26)32)24(33)29-15-17-4-8-18(9-5-17)23(27)28/h4-11,20-21,31H,3,12-15H2,1-2H3,(H2,26,32)(H3,27,28)(H,29,33)(H,30,34). The fourth-order valence-corrected chi connectivity index (χ4v) is 4.22. The Kier molecular flexibility index (Phi) is 11.2. The summed E-state index contributed by atoms with van der Waals surface area (Å²) < 4.78 is 32.1. The van der Waals surface area contributed by atoms with E-state index in [1.54, 1.807) is 48.5 Å². The summed E-state index contributed by atoms with van der Waals surface area (Å²) in [6.07, 6.45) is -0.233. The van der Waals surface area contributed by atoms with Gasteiger partial charge >= 0.3 is 0 Å². The van der Waals surface area contributed by atoms with Crippen LogP contribution in [0.3, 0.4) is 0 Å². The van der Waals surface area contributed by atoms with E-state index in [1.165, 1.54) is 14.0 Å². The minimum atomic E-state index is -3.77. The van der Waals surface area contributed by atoms with Crippen LogP contribution < -0.4 is 31.6 Å². The lowest BCUT2D eigenvalue weighted by Gasteiger charge is -2.23. The van der Waals surface area contributed by atoms with Gasteiger partial charge in [0.2, 0.25) is 27.7 Å². The van der Waals surface area contributed by atoms with E-state index in [0.29, 0.717) is 16.9 Å². The van der Waals surface area contributed by atoms with E-state index < -0.39 is 39.8 Å². The Bertz CT molecular complexity index is 1230. The van der Waals surface area contributed by atoms with Gasteiger partial charge in [0.05, 0.1) is 12.9 Å². The molecule has 2 atom stereocenters. The van der Waals surface area contributed by atoms with Crippen LogP contribution in [-0.4, -0.2) is 56.9 Å². The third kappa shape index (κ3) is 9.82. The molecule has 0 aromatic heterocycles. The number of hydrogen-bond acceptors (Lipinski definition) is 7. The summed E-state index contributed by atoms with van der Waals surface area (Å²) in [7, 11) is -2.26. The highest BCUT2D eigenvalue weighted by Crippen LogP contribution is 2.14. The molecule has 38 heavy (non-hydrogen) atoms. The van der Waals surface area contributed by atoms with Gasteiger partial charge in [-0.1, -0.05) is 36.4 Å². The SMILES string of the molecule is CCS(=O)(=O)NC(Cc1ccc(OC)cc1)C(=O)NC(CCC(N)=O)C(=O)NCc1ccc(C(=N)N)cc1. The molecule has 0 heterocycles. The van der Waals surface area contributed by atoms with Crippen LogP contribution in [0.25, 0.3) is 0 Å². The third-order valence-corrected chi connectivity index (χ3v) is 7.07. The minimum absolute atomic E-state index is 0.0156. The number of nitrogens with two attached hydrogens (primary N) is 2. The van der Waals surface area contributed by atoms with E-state index in [1.807, 2.05) is 0 Å². The summed E-state index contributed by atoms with van der Waals surface area (Å²) in [5.74, 6) is -1.68. The molecule has 0 radical (unpaired) electrons. The number of rotatable bonds is 15. The van der Waals surface area contributed by atoms with Crippen LogP contribution in [0.2, 0.25) is 0 Å². The molecule has 2 rings (SSSR count). The molecule has 0 bridgehead atoms. The van der Waals surface area contributed by atoms with Crippen molar-refractivity contribution in [2.24, 2.45) is 11.5 Å². The zero-order valence-corrected chi connectivity index (χ0v) is 22.1. The van der Waals surface area contributed by atoms with Gasteiger partial charge in [-0.3, -0.25) is 19.8 Å². The Morgan fingerprint density at radius 3 is 2.08 bits per heavy atom. The summed E-state index contributed by atoms with van der Waals surface area (Å²) >= 11 is 0. The molecule has 3 amide bonds. The number of nitrogens with one attached hydrogen (secondary N) is 4. The average Bonchev–Trinajstić information content (AvgIpc) is 2.89. The number of carbonyl (C=O) groups excluding carboxylic acids is 3. The van der Waals surface area contributed by atoms with Gasteiger partial charge < -0.3 is 26.8 Å².